The second kappa shape index (κ2) is 12.1. The maximum atomic E-state index is 13.5. The van der Waals surface area contributed by atoms with Crippen LogP contribution in [0.3, 0.4) is 0 Å². The fourth-order valence-corrected chi connectivity index (χ4v) is 4.88. The second-order valence-electron chi connectivity index (χ2n) is 8.84. The fraction of sp³-hybridized carbons (Fsp3) is 0.133. The third-order valence-electron chi connectivity index (χ3n) is 6.09. The number of nitrogens with two attached hydrogens (primary N) is 1. The van der Waals surface area contributed by atoms with Crippen LogP contribution in [0, 0.1) is 25.2 Å². The molecule has 0 aliphatic rings. The van der Waals surface area contributed by atoms with E-state index in [1.54, 1.807) is 55.5 Å². The molecule has 40 heavy (non-hydrogen) atoms. The molecule has 0 saturated carbocycles. The summed E-state index contributed by atoms with van der Waals surface area (Å²) in [6, 6.07) is 20.6. The van der Waals surface area contributed by atoms with Crippen molar-refractivity contribution in [1.82, 2.24) is 0 Å². The molecule has 1 aromatic heterocycles. The molecule has 0 aliphatic heterocycles. The van der Waals surface area contributed by atoms with Gasteiger partial charge in [-0.25, -0.2) is 4.79 Å². The number of anilines is 5. The van der Waals surface area contributed by atoms with Crippen LogP contribution in [-0.4, -0.2) is 24.4 Å². The monoisotopic (exact) mass is 553 g/mol. The molecular formula is C30H27N5O4S. The van der Waals surface area contributed by atoms with E-state index in [0.717, 1.165) is 28.2 Å². The number of para-hydroxylation sites is 1. The van der Waals surface area contributed by atoms with E-state index >= 15 is 0 Å². The minimum atomic E-state index is -0.550. The Balaban J connectivity index is 1.68. The van der Waals surface area contributed by atoms with Gasteiger partial charge in [0.05, 0.1) is 34.7 Å². The van der Waals surface area contributed by atoms with Crippen molar-refractivity contribution in [3.8, 4) is 6.07 Å². The number of aryl methyl sites for hydroxylation is 2. The Morgan fingerprint density at radius 1 is 0.925 bits per heavy atom. The van der Waals surface area contributed by atoms with Crippen LogP contribution < -0.4 is 21.7 Å². The zero-order valence-corrected chi connectivity index (χ0v) is 22.9. The molecule has 3 aromatic carbocycles. The maximum absolute atomic E-state index is 13.5. The molecule has 0 atom stereocenters. The van der Waals surface area contributed by atoms with Crippen LogP contribution in [0.25, 0.3) is 0 Å². The molecule has 1 heterocycles. The number of thiophene rings is 1. The van der Waals surface area contributed by atoms with Gasteiger partial charge < -0.3 is 26.4 Å². The van der Waals surface area contributed by atoms with Gasteiger partial charge in [0.15, 0.2) is 0 Å². The SMILES string of the molecule is CCOC(=O)c1ccc(NC(=O)c2c(Nc3ccc(C)c(C)c3)sc(C(=O)Nc3ccccc3C#N)c2N)cc1. The number of nitriles is 1. The van der Waals surface area contributed by atoms with Gasteiger partial charge in [0.2, 0.25) is 0 Å². The summed E-state index contributed by atoms with van der Waals surface area (Å²) in [4.78, 5) is 38.8. The van der Waals surface area contributed by atoms with E-state index in [4.69, 9.17) is 10.5 Å². The summed E-state index contributed by atoms with van der Waals surface area (Å²) in [5.74, 6) is -1.55. The van der Waals surface area contributed by atoms with Gasteiger partial charge in [-0.3, -0.25) is 9.59 Å². The third kappa shape index (κ3) is 6.11. The van der Waals surface area contributed by atoms with Crippen molar-refractivity contribution in [2.75, 3.05) is 28.3 Å². The summed E-state index contributed by atoms with van der Waals surface area (Å²) in [6.07, 6.45) is 0. The summed E-state index contributed by atoms with van der Waals surface area (Å²) in [6.45, 7) is 5.94. The number of carbonyl (C=O) groups excluding carboxylic acids is 3. The van der Waals surface area contributed by atoms with Crippen LogP contribution >= 0.6 is 11.3 Å². The number of hydrogen-bond acceptors (Lipinski definition) is 8. The van der Waals surface area contributed by atoms with Gasteiger partial charge in [-0.1, -0.05) is 18.2 Å². The summed E-state index contributed by atoms with van der Waals surface area (Å²) in [7, 11) is 0. The molecule has 2 amide bonds. The normalized spacial score (nSPS) is 10.3. The van der Waals surface area contributed by atoms with Crippen LogP contribution in [0.5, 0.6) is 0 Å². The van der Waals surface area contributed by atoms with E-state index in [-0.39, 0.29) is 22.7 Å². The number of amides is 2. The maximum Gasteiger partial charge on any atom is 0.338 e. The van der Waals surface area contributed by atoms with E-state index in [1.807, 2.05) is 38.1 Å². The first kappa shape index (κ1) is 27.9. The van der Waals surface area contributed by atoms with Gasteiger partial charge in [0.1, 0.15) is 15.9 Å². The Kier molecular flexibility index (Phi) is 8.47. The lowest BCUT2D eigenvalue weighted by atomic mass is 10.1. The highest BCUT2D eigenvalue weighted by Crippen LogP contribution is 2.39. The van der Waals surface area contributed by atoms with Crippen LogP contribution in [0.1, 0.15) is 54.0 Å². The van der Waals surface area contributed by atoms with Gasteiger partial charge in [-0.15, -0.1) is 11.3 Å². The highest BCUT2D eigenvalue weighted by molar-refractivity contribution is 7.19. The molecule has 0 aliphatic carbocycles. The van der Waals surface area contributed by atoms with Crippen molar-refractivity contribution in [2.45, 2.75) is 20.8 Å². The van der Waals surface area contributed by atoms with E-state index in [9.17, 15) is 19.6 Å². The topological polar surface area (TPSA) is 146 Å². The van der Waals surface area contributed by atoms with Gasteiger partial charge in [0, 0.05) is 11.4 Å². The van der Waals surface area contributed by atoms with E-state index < -0.39 is 17.8 Å². The molecule has 0 spiro atoms. The zero-order chi connectivity index (χ0) is 28.8. The smallest absolute Gasteiger partial charge is 0.338 e. The molecule has 202 valence electrons. The predicted octanol–water partition coefficient (Wildman–Crippen LogP) is 6.24. The van der Waals surface area contributed by atoms with Crippen molar-refractivity contribution in [3.63, 3.8) is 0 Å². The van der Waals surface area contributed by atoms with E-state index in [2.05, 4.69) is 16.0 Å². The zero-order valence-electron chi connectivity index (χ0n) is 22.1. The number of benzene rings is 3. The predicted molar refractivity (Wildman–Crippen MR) is 157 cm³/mol. The summed E-state index contributed by atoms with van der Waals surface area (Å²) >= 11 is 1.03. The molecule has 0 saturated heterocycles. The lowest BCUT2D eigenvalue weighted by Gasteiger charge is -2.11. The van der Waals surface area contributed by atoms with E-state index in [1.165, 1.54) is 0 Å². The minimum absolute atomic E-state index is 0.0103. The lowest BCUT2D eigenvalue weighted by Crippen LogP contribution is -2.17. The van der Waals surface area contributed by atoms with Crippen LogP contribution in [0.2, 0.25) is 0 Å². The number of ether oxygens (including phenoxy) is 1. The minimum Gasteiger partial charge on any atom is -0.462 e. The number of hydrogen-bond donors (Lipinski definition) is 4. The molecule has 0 fully saturated rings. The number of nitrogen functional groups attached to an aromatic ring is 1. The lowest BCUT2D eigenvalue weighted by molar-refractivity contribution is 0.0526. The fourth-order valence-electron chi connectivity index (χ4n) is 3.84. The number of carbonyl (C=O) groups is 3. The van der Waals surface area contributed by atoms with E-state index in [0.29, 0.717) is 27.5 Å². The Labute approximate surface area is 235 Å². The average Bonchev–Trinajstić information content (AvgIpc) is 3.27. The molecular weight excluding hydrogens is 526 g/mol. The van der Waals surface area contributed by atoms with Gasteiger partial charge in [-0.2, -0.15) is 5.26 Å². The third-order valence-corrected chi connectivity index (χ3v) is 7.21. The van der Waals surface area contributed by atoms with Crippen molar-refractivity contribution >= 4 is 56.9 Å². The van der Waals surface area contributed by atoms with Crippen LogP contribution in [-0.2, 0) is 4.74 Å². The molecule has 4 rings (SSSR count). The first-order valence-corrected chi connectivity index (χ1v) is 13.2. The molecule has 5 N–H and O–H groups in total. The molecule has 0 bridgehead atoms. The molecule has 0 radical (unpaired) electrons. The van der Waals surface area contributed by atoms with Crippen molar-refractivity contribution in [3.05, 3.63) is 99.4 Å². The van der Waals surface area contributed by atoms with Crippen molar-refractivity contribution < 1.29 is 19.1 Å². The standard InChI is InChI=1S/C30H27N5O4S/c1-4-39-30(38)19-10-13-21(14-11-19)33-27(36)24-25(32)26(28(37)35-23-8-6-5-7-20(23)16-31)40-29(24)34-22-12-9-17(2)18(3)15-22/h5-15,34H,4,32H2,1-3H3,(H,33,36)(H,35,37). The summed E-state index contributed by atoms with van der Waals surface area (Å²) in [5.41, 5.74) is 10.8. The van der Waals surface area contributed by atoms with Crippen molar-refractivity contribution in [1.29, 1.82) is 5.26 Å². The molecule has 10 heteroatoms. The Hall–Kier alpha value is -5.14. The molecule has 9 nitrogen and oxygen atoms in total. The van der Waals surface area contributed by atoms with Gasteiger partial charge in [0.25, 0.3) is 11.8 Å². The molecule has 0 unspecified atom stereocenters. The first-order valence-electron chi connectivity index (χ1n) is 12.4. The highest BCUT2D eigenvalue weighted by atomic mass is 32.1. The first-order chi connectivity index (χ1) is 19.2. The molecule has 4 aromatic rings. The quantitative estimate of drug-likeness (QED) is 0.189. The highest BCUT2D eigenvalue weighted by Gasteiger charge is 2.27. The average molecular weight is 554 g/mol. The summed E-state index contributed by atoms with van der Waals surface area (Å²) < 4.78 is 5.00. The number of nitrogens with one attached hydrogen (secondary N) is 3. The Morgan fingerprint density at radius 3 is 2.30 bits per heavy atom. The second-order valence-corrected chi connectivity index (χ2v) is 9.86. The van der Waals surface area contributed by atoms with Gasteiger partial charge >= 0.3 is 5.97 Å². The Morgan fingerprint density at radius 2 is 1.62 bits per heavy atom. The summed E-state index contributed by atoms with van der Waals surface area (Å²) in [5, 5.41) is 18.5. The van der Waals surface area contributed by atoms with Crippen LogP contribution in [0.15, 0.2) is 66.7 Å². The van der Waals surface area contributed by atoms with Gasteiger partial charge in [-0.05, 0) is 80.4 Å². The number of rotatable bonds is 8. The van der Waals surface area contributed by atoms with Crippen LogP contribution in [0.4, 0.5) is 27.8 Å². The number of nitrogens with zero attached hydrogens (tertiary/aromatic N) is 1. The number of esters is 1. The largest absolute Gasteiger partial charge is 0.462 e. The Bertz CT molecular complexity index is 1640. The van der Waals surface area contributed by atoms with Crippen molar-refractivity contribution in [2.24, 2.45) is 0 Å².